The molecule has 0 saturated carbocycles. The van der Waals surface area contributed by atoms with Crippen molar-refractivity contribution in [2.75, 3.05) is 0 Å². The minimum Gasteiger partial charge on any atom is -0.320 e. The van der Waals surface area contributed by atoms with Crippen LogP contribution in [0, 0.1) is 6.92 Å². The van der Waals surface area contributed by atoms with Gasteiger partial charge in [-0.2, -0.15) is 0 Å². The fourth-order valence-corrected chi connectivity index (χ4v) is 1.56. The zero-order valence-electron chi connectivity index (χ0n) is 8.93. The molecular formula is C12H15N3. The number of benzene rings is 1. The Labute approximate surface area is 89.8 Å². The lowest BCUT2D eigenvalue weighted by molar-refractivity contribution is 0.640. The van der Waals surface area contributed by atoms with Gasteiger partial charge in [0.05, 0.1) is 0 Å². The third-order valence-electron chi connectivity index (χ3n) is 2.47. The molecule has 0 atom stereocenters. The van der Waals surface area contributed by atoms with E-state index in [4.69, 9.17) is 0 Å². The van der Waals surface area contributed by atoms with Crippen LogP contribution in [-0.4, -0.2) is 14.8 Å². The third kappa shape index (κ3) is 2.91. The van der Waals surface area contributed by atoms with E-state index in [0.29, 0.717) is 0 Å². The number of rotatable bonds is 4. The van der Waals surface area contributed by atoms with E-state index >= 15 is 0 Å². The Morgan fingerprint density at radius 1 is 1.07 bits per heavy atom. The Balaban J connectivity index is 1.81. The van der Waals surface area contributed by atoms with Gasteiger partial charge in [-0.15, -0.1) is 10.2 Å². The Morgan fingerprint density at radius 2 is 1.73 bits per heavy atom. The fourth-order valence-electron chi connectivity index (χ4n) is 1.56. The van der Waals surface area contributed by atoms with Crippen LogP contribution < -0.4 is 0 Å². The minimum absolute atomic E-state index is 0.987. The highest BCUT2D eigenvalue weighted by Crippen LogP contribution is 2.06. The molecule has 0 aliphatic rings. The van der Waals surface area contributed by atoms with E-state index < -0.39 is 0 Å². The highest BCUT2D eigenvalue weighted by Gasteiger charge is 1.94. The Morgan fingerprint density at radius 3 is 2.40 bits per heavy atom. The molecule has 0 fully saturated rings. The molecule has 2 rings (SSSR count). The molecule has 3 heteroatoms. The van der Waals surface area contributed by atoms with Crippen LogP contribution in [0.15, 0.2) is 36.9 Å². The molecule has 0 spiro atoms. The monoisotopic (exact) mass is 201 g/mol. The average Bonchev–Trinajstić information content (AvgIpc) is 2.74. The number of aromatic nitrogens is 3. The molecule has 78 valence electrons. The summed E-state index contributed by atoms with van der Waals surface area (Å²) in [4.78, 5) is 0. The average molecular weight is 201 g/mol. The molecule has 0 aliphatic carbocycles. The van der Waals surface area contributed by atoms with Gasteiger partial charge in [0.2, 0.25) is 0 Å². The van der Waals surface area contributed by atoms with Crippen LogP contribution >= 0.6 is 0 Å². The second kappa shape index (κ2) is 4.73. The molecule has 1 aromatic heterocycles. The van der Waals surface area contributed by atoms with Gasteiger partial charge in [-0.1, -0.05) is 29.8 Å². The van der Waals surface area contributed by atoms with Crippen LogP contribution in [0.4, 0.5) is 0 Å². The molecule has 2 aromatic rings. The van der Waals surface area contributed by atoms with Crippen LogP contribution in [0.25, 0.3) is 0 Å². The van der Waals surface area contributed by atoms with Gasteiger partial charge in [0, 0.05) is 6.54 Å². The van der Waals surface area contributed by atoms with Crippen molar-refractivity contribution in [3.8, 4) is 0 Å². The first kappa shape index (κ1) is 9.90. The summed E-state index contributed by atoms with van der Waals surface area (Å²) in [5.41, 5.74) is 2.71. The van der Waals surface area contributed by atoms with E-state index in [-0.39, 0.29) is 0 Å². The summed E-state index contributed by atoms with van der Waals surface area (Å²) in [6.45, 7) is 3.10. The predicted molar refractivity (Wildman–Crippen MR) is 59.5 cm³/mol. The zero-order chi connectivity index (χ0) is 10.5. The van der Waals surface area contributed by atoms with Crippen LogP contribution in [0.3, 0.4) is 0 Å². The van der Waals surface area contributed by atoms with Gasteiger partial charge < -0.3 is 4.57 Å². The maximum Gasteiger partial charge on any atom is 0.119 e. The lowest BCUT2D eigenvalue weighted by atomic mass is 10.1. The first-order valence-electron chi connectivity index (χ1n) is 5.22. The normalized spacial score (nSPS) is 10.5. The molecule has 1 aromatic carbocycles. The van der Waals surface area contributed by atoms with Crippen LogP contribution in [0.2, 0.25) is 0 Å². The Hall–Kier alpha value is -1.64. The van der Waals surface area contributed by atoms with Crippen molar-refractivity contribution in [3.63, 3.8) is 0 Å². The number of nitrogens with zero attached hydrogens (tertiary/aromatic N) is 3. The van der Waals surface area contributed by atoms with Crippen molar-refractivity contribution in [2.45, 2.75) is 26.3 Å². The fraction of sp³-hybridized carbons (Fsp3) is 0.333. The van der Waals surface area contributed by atoms with Gasteiger partial charge in [0.25, 0.3) is 0 Å². The van der Waals surface area contributed by atoms with Crippen molar-refractivity contribution < 1.29 is 0 Å². The molecule has 0 unspecified atom stereocenters. The van der Waals surface area contributed by atoms with Gasteiger partial charge in [0.15, 0.2) is 0 Å². The summed E-state index contributed by atoms with van der Waals surface area (Å²) in [7, 11) is 0. The van der Waals surface area contributed by atoms with Crippen molar-refractivity contribution in [2.24, 2.45) is 0 Å². The SMILES string of the molecule is Cc1ccc(CCCn2cnnc2)cc1. The van der Waals surface area contributed by atoms with Gasteiger partial charge in [-0.25, -0.2) is 0 Å². The lowest BCUT2D eigenvalue weighted by Crippen LogP contribution is -1.96. The maximum absolute atomic E-state index is 3.77. The summed E-state index contributed by atoms with van der Waals surface area (Å²) >= 11 is 0. The van der Waals surface area contributed by atoms with Crippen LogP contribution in [0.5, 0.6) is 0 Å². The van der Waals surface area contributed by atoms with Crippen molar-refractivity contribution in [1.82, 2.24) is 14.8 Å². The van der Waals surface area contributed by atoms with Gasteiger partial charge in [-0.3, -0.25) is 0 Å². The molecule has 15 heavy (non-hydrogen) atoms. The van der Waals surface area contributed by atoms with E-state index in [0.717, 1.165) is 19.4 Å². The van der Waals surface area contributed by atoms with Crippen molar-refractivity contribution in [3.05, 3.63) is 48.0 Å². The van der Waals surface area contributed by atoms with Crippen molar-refractivity contribution in [1.29, 1.82) is 0 Å². The molecule has 3 nitrogen and oxygen atoms in total. The minimum atomic E-state index is 0.987. The molecule has 0 N–H and O–H groups in total. The van der Waals surface area contributed by atoms with E-state index in [2.05, 4.69) is 41.4 Å². The molecule has 0 radical (unpaired) electrons. The third-order valence-corrected chi connectivity index (χ3v) is 2.47. The topological polar surface area (TPSA) is 30.7 Å². The second-order valence-electron chi connectivity index (χ2n) is 3.79. The van der Waals surface area contributed by atoms with E-state index in [9.17, 15) is 0 Å². The summed E-state index contributed by atoms with van der Waals surface area (Å²) in [6, 6.07) is 8.71. The summed E-state index contributed by atoms with van der Waals surface area (Å²) < 4.78 is 2.01. The Kier molecular flexibility index (Phi) is 3.12. The zero-order valence-corrected chi connectivity index (χ0v) is 8.93. The number of hydrogen-bond acceptors (Lipinski definition) is 2. The van der Waals surface area contributed by atoms with Gasteiger partial charge in [0.1, 0.15) is 12.7 Å². The van der Waals surface area contributed by atoms with E-state index in [1.165, 1.54) is 11.1 Å². The lowest BCUT2D eigenvalue weighted by Gasteiger charge is -2.02. The number of aryl methyl sites for hydroxylation is 3. The summed E-state index contributed by atoms with van der Waals surface area (Å²) in [5.74, 6) is 0. The maximum atomic E-state index is 3.77. The molecule has 1 heterocycles. The second-order valence-corrected chi connectivity index (χ2v) is 3.79. The first-order valence-corrected chi connectivity index (χ1v) is 5.22. The molecular weight excluding hydrogens is 186 g/mol. The van der Waals surface area contributed by atoms with E-state index in [1.807, 2.05) is 4.57 Å². The van der Waals surface area contributed by atoms with Gasteiger partial charge >= 0.3 is 0 Å². The standard InChI is InChI=1S/C12H15N3/c1-11-4-6-12(7-5-11)3-2-8-15-9-13-14-10-15/h4-7,9-10H,2-3,8H2,1H3. The van der Waals surface area contributed by atoms with Crippen LogP contribution in [0.1, 0.15) is 17.5 Å². The number of hydrogen-bond donors (Lipinski definition) is 0. The highest BCUT2D eigenvalue weighted by molar-refractivity contribution is 5.21. The first-order chi connectivity index (χ1) is 7.34. The molecule has 0 bridgehead atoms. The molecule has 0 saturated heterocycles. The van der Waals surface area contributed by atoms with E-state index in [1.54, 1.807) is 12.7 Å². The summed E-state index contributed by atoms with van der Waals surface area (Å²) in [6.07, 6.45) is 5.75. The van der Waals surface area contributed by atoms with Crippen molar-refractivity contribution >= 4 is 0 Å². The largest absolute Gasteiger partial charge is 0.320 e. The Bertz CT molecular complexity index is 389. The molecule has 0 amide bonds. The molecule has 0 aliphatic heterocycles. The highest BCUT2D eigenvalue weighted by atomic mass is 15.2. The van der Waals surface area contributed by atoms with Gasteiger partial charge in [-0.05, 0) is 25.3 Å². The predicted octanol–water partition coefficient (Wildman–Crippen LogP) is 2.22. The quantitative estimate of drug-likeness (QED) is 0.759. The summed E-state index contributed by atoms with van der Waals surface area (Å²) in [5, 5.41) is 7.54. The smallest absolute Gasteiger partial charge is 0.119 e. The van der Waals surface area contributed by atoms with Crippen LogP contribution in [-0.2, 0) is 13.0 Å².